The number of rotatable bonds is 6. The number of hydrazone groups is 1. The smallest absolute Gasteiger partial charge is 0.332 e. The Hall–Kier alpha value is -3.08. The largest absolute Gasteiger partial charge is 0.516 e. The van der Waals surface area contributed by atoms with Crippen LogP contribution in [0.2, 0.25) is 0 Å². The van der Waals surface area contributed by atoms with Gasteiger partial charge in [0.2, 0.25) is 0 Å². The van der Waals surface area contributed by atoms with Crippen LogP contribution in [0.25, 0.3) is 0 Å². The first-order valence-corrected chi connectivity index (χ1v) is 10.7. The lowest BCUT2D eigenvalue weighted by Crippen LogP contribution is -2.31. The number of amides is 1. The molecule has 166 valence electrons. The number of halogens is 3. The minimum Gasteiger partial charge on any atom is -0.332 e. The van der Waals surface area contributed by atoms with Crippen molar-refractivity contribution in [1.29, 1.82) is 0 Å². The number of sulfonamides is 1. The van der Waals surface area contributed by atoms with Crippen LogP contribution in [-0.4, -0.2) is 37.0 Å². The number of anilines is 2. The average Bonchev–Trinajstić information content (AvgIpc) is 2.89. The fourth-order valence-corrected chi connectivity index (χ4v) is 3.79. The van der Waals surface area contributed by atoms with Gasteiger partial charge in [-0.25, -0.2) is 0 Å². The third-order valence-corrected chi connectivity index (χ3v) is 5.81. The van der Waals surface area contributed by atoms with E-state index in [1.807, 2.05) is 32.0 Å². The number of benzene rings is 2. The summed E-state index contributed by atoms with van der Waals surface area (Å²) in [6.07, 6.45) is 0. The van der Waals surface area contributed by atoms with Crippen molar-refractivity contribution >= 4 is 33.0 Å². The van der Waals surface area contributed by atoms with E-state index in [0.29, 0.717) is 5.69 Å². The molecule has 0 aliphatic carbocycles. The highest BCUT2D eigenvalue weighted by molar-refractivity contribution is 7.93. The van der Waals surface area contributed by atoms with Crippen LogP contribution in [0.3, 0.4) is 0 Å². The maximum atomic E-state index is 12.9. The number of likely N-dealkylation sites (tertiary alicyclic amines) is 1. The van der Waals surface area contributed by atoms with Gasteiger partial charge in [-0.1, -0.05) is 50.2 Å². The number of alkyl halides is 3. The van der Waals surface area contributed by atoms with Gasteiger partial charge < -0.3 is 4.90 Å². The summed E-state index contributed by atoms with van der Waals surface area (Å²) in [6, 6.07) is 14.7. The Bertz CT molecular complexity index is 1100. The molecule has 2 N–H and O–H groups in total. The summed E-state index contributed by atoms with van der Waals surface area (Å²) >= 11 is 0. The summed E-state index contributed by atoms with van der Waals surface area (Å²) in [5, 5.41) is 4.25. The number of hydrogen-bond donors (Lipinski definition) is 2. The lowest BCUT2D eigenvalue weighted by atomic mass is 9.91. The van der Waals surface area contributed by atoms with Crippen molar-refractivity contribution in [2.75, 3.05) is 16.7 Å². The van der Waals surface area contributed by atoms with E-state index in [-0.39, 0.29) is 36.0 Å². The first-order valence-electron chi connectivity index (χ1n) is 9.26. The molecule has 2 aromatic carbocycles. The van der Waals surface area contributed by atoms with E-state index in [1.165, 1.54) is 23.1 Å². The number of carbonyl (C=O) groups is 1. The van der Waals surface area contributed by atoms with Crippen molar-refractivity contribution in [3.63, 3.8) is 0 Å². The van der Waals surface area contributed by atoms with E-state index in [4.69, 9.17) is 0 Å². The van der Waals surface area contributed by atoms with Gasteiger partial charge in [0.1, 0.15) is 5.71 Å². The highest BCUT2D eigenvalue weighted by Crippen LogP contribution is 2.32. The normalized spacial score (nSPS) is 17.8. The maximum Gasteiger partial charge on any atom is 0.516 e. The molecule has 1 amide bonds. The van der Waals surface area contributed by atoms with Gasteiger partial charge in [-0.05, 0) is 23.8 Å². The lowest BCUT2D eigenvalue weighted by molar-refractivity contribution is -0.123. The van der Waals surface area contributed by atoms with E-state index in [2.05, 4.69) is 10.5 Å². The molecule has 0 spiro atoms. The van der Waals surface area contributed by atoms with Gasteiger partial charge in [0, 0.05) is 18.5 Å². The molecule has 11 heteroatoms. The van der Waals surface area contributed by atoms with E-state index < -0.39 is 20.9 Å². The molecule has 2 aromatic rings. The third-order valence-electron chi connectivity index (χ3n) is 4.72. The van der Waals surface area contributed by atoms with E-state index in [1.54, 1.807) is 22.9 Å². The maximum absolute atomic E-state index is 12.9. The summed E-state index contributed by atoms with van der Waals surface area (Å²) < 4.78 is 62.8. The van der Waals surface area contributed by atoms with Gasteiger partial charge in [0.05, 0.1) is 11.4 Å². The molecule has 3 rings (SSSR count). The number of carbonyl (C=O) groups excluding carboxylic acids is 1. The molecule has 0 unspecified atom stereocenters. The first kappa shape index (κ1) is 22.6. The number of hydrogen-bond acceptors (Lipinski definition) is 5. The highest BCUT2D eigenvalue weighted by Gasteiger charge is 2.47. The summed E-state index contributed by atoms with van der Waals surface area (Å²) in [5.74, 6) is -0.387. The van der Waals surface area contributed by atoms with Gasteiger partial charge in [0.15, 0.2) is 0 Å². The summed E-state index contributed by atoms with van der Waals surface area (Å²) in [7, 11) is -5.58. The van der Waals surface area contributed by atoms with Crippen molar-refractivity contribution in [2.24, 2.45) is 10.5 Å². The van der Waals surface area contributed by atoms with E-state index in [0.717, 1.165) is 0 Å². The van der Waals surface area contributed by atoms with Crippen molar-refractivity contribution in [2.45, 2.75) is 25.9 Å². The van der Waals surface area contributed by atoms with Crippen LogP contribution >= 0.6 is 0 Å². The molecule has 1 fully saturated rings. The third kappa shape index (κ3) is 4.98. The Morgan fingerprint density at radius 2 is 1.68 bits per heavy atom. The fourth-order valence-electron chi connectivity index (χ4n) is 3.19. The van der Waals surface area contributed by atoms with Crippen LogP contribution in [-0.2, 0) is 21.4 Å². The van der Waals surface area contributed by atoms with Gasteiger partial charge in [-0.3, -0.25) is 14.9 Å². The van der Waals surface area contributed by atoms with Crippen LogP contribution in [0.15, 0.2) is 59.7 Å². The quantitative estimate of drug-likeness (QED) is 0.650. The van der Waals surface area contributed by atoms with Crippen LogP contribution < -0.4 is 10.1 Å². The van der Waals surface area contributed by atoms with Crippen LogP contribution in [0.1, 0.15) is 19.4 Å². The van der Waals surface area contributed by atoms with Gasteiger partial charge in [-0.2, -0.15) is 26.7 Å². The molecule has 0 radical (unpaired) electrons. The highest BCUT2D eigenvalue weighted by atomic mass is 32.2. The molecule has 0 saturated carbocycles. The predicted octanol–water partition coefficient (Wildman–Crippen LogP) is 3.78. The summed E-state index contributed by atoms with van der Waals surface area (Å²) in [6.45, 7) is 3.84. The molecule has 0 bridgehead atoms. The monoisotopic (exact) mass is 454 g/mol. The lowest BCUT2D eigenvalue weighted by Gasteiger charge is -2.21. The van der Waals surface area contributed by atoms with Crippen LogP contribution in [0.4, 0.5) is 24.5 Å². The van der Waals surface area contributed by atoms with E-state index >= 15 is 0 Å². The Kier molecular flexibility index (Phi) is 5.99. The number of nitrogens with one attached hydrogen (secondary N) is 2. The zero-order valence-corrected chi connectivity index (χ0v) is 17.6. The minimum absolute atomic E-state index is 0.0802. The molecule has 31 heavy (non-hydrogen) atoms. The second kappa shape index (κ2) is 8.22. The molecular formula is C20H21F3N4O3S. The van der Waals surface area contributed by atoms with Crippen molar-refractivity contribution < 1.29 is 26.4 Å². The van der Waals surface area contributed by atoms with Crippen molar-refractivity contribution in [3.8, 4) is 0 Å². The SMILES string of the molecule is CC1(C)CN(Cc2ccccc2NS(=O)(=O)C(F)(F)F)C(=O)/C1=N\Nc1ccccc1. The summed E-state index contributed by atoms with van der Waals surface area (Å²) in [5.41, 5.74) is -2.27. The Morgan fingerprint density at radius 1 is 1.06 bits per heavy atom. The Morgan fingerprint density at radius 3 is 2.32 bits per heavy atom. The van der Waals surface area contributed by atoms with Gasteiger partial charge in [0.25, 0.3) is 5.91 Å². The second-order valence-corrected chi connectivity index (χ2v) is 9.37. The average molecular weight is 454 g/mol. The van der Waals surface area contributed by atoms with Crippen LogP contribution in [0.5, 0.6) is 0 Å². The zero-order valence-electron chi connectivity index (χ0n) is 16.8. The van der Waals surface area contributed by atoms with E-state index in [9.17, 15) is 26.4 Å². The Balaban J connectivity index is 1.82. The molecule has 0 atom stereocenters. The number of para-hydroxylation sites is 2. The zero-order chi connectivity index (χ0) is 22.9. The second-order valence-electron chi connectivity index (χ2n) is 7.69. The van der Waals surface area contributed by atoms with Gasteiger partial charge in [-0.15, -0.1) is 0 Å². The predicted molar refractivity (Wildman–Crippen MR) is 112 cm³/mol. The topological polar surface area (TPSA) is 90.9 Å². The van der Waals surface area contributed by atoms with Gasteiger partial charge >= 0.3 is 15.5 Å². The first-order chi connectivity index (χ1) is 14.4. The molecule has 1 aliphatic rings. The fraction of sp³-hybridized carbons (Fsp3) is 0.300. The molecular weight excluding hydrogens is 433 g/mol. The molecule has 1 saturated heterocycles. The van der Waals surface area contributed by atoms with Crippen molar-refractivity contribution in [1.82, 2.24) is 4.90 Å². The summed E-state index contributed by atoms with van der Waals surface area (Å²) in [4.78, 5) is 14.4. The Labute approximate surface area is 178 Å². The van der Waals surface area contributed by atoms with Crippen LogP contribution in [0, 0.1) is 5.41 Å². The molecule has 7 nitrogen and oxygen atoms in total. The van der Waals surface area contributed by atoms with Crippen molar-refractivity contribution in [3.05, 3.63) is 60.2 Å². The standard InChI is InChI=1S/C20H21F3N4O3S/c1-19(2)13-27(18(28)17(19)25-24-15-9-4-3-5-10-15)12-14-8-6-7-11-16(14)26-31(29,30)20(21,22)23/h3-11,24,26H,12-13H2,1-2H3/b25-17+. The molecule has 1 heterocycles. The minimum atomic E-state index is -5.58. The molecule has 0 aromatic heterocycles. The number of nitrogens with zero attached hydrogens (tertiary/aromatic N) is 2. The molecule has 1 aliphatic heterocycles.